The number of aliphatic carboxylic acids is 2. The zero-order valence-electron chi connectivity index (χ0n) is 22.8. The second kappa shape index (κ2) is 12.4. The highest BCUT2D eigenvalue weighted by Crippen LogP contribution is 2.40. The van der Waals surface area contributed by atoms with Gasteiger partial charge in [0.15, 0.2) is 10.8 Å². The number of carboxylic acids is 2. The average Bonchev–Trinajstić information content (AvgIpc) is 3.65. The number of hydrogen-bond donors (Lipinski definition) is 4. The van der Waals surface area contributed by atoms with Gasteiger partial charge in [-0.25, -0.2) is 14.3 Å². The van der Waals surface area contributed by atoms with Crippen molar-refractivity contribution in [2.24, 2.45) is 5.16 Å². The van der Waals surface area contributed by atoms with E-state index in [0.717, 1.165) is 21.1 Å². The van der Waals surface area contributed by atoms with Gasteiger partial charge in [-0.15, -0.1) is 11.8 Å². The zero-order chi connectivity index (χ0) is 31.9. The summed E-state index contributed by atoms with van der Waals surface area (Å²) in [5, 5.41) is 31.4. The molecule has 5 heterocycles. The quantitative estimate of drug-likeness (QED) is 0.0601. The van der Waals surface area contributed by atoms with Crippen LogP contribution in [0, 0.1) is 0 Å². The normalized spacial score (nSPS) is 19.7. The monoisotopic (exact) mass is 682 g/mol. The van der Waals surface area contributed by atoms with Crippen molar-refractivity contribution in [3.63, 3.8) is 0 Å². The summed E-state index contributed by atoms with van der Waals surface area (Å²) in [6, 6.07) is -1.58. The number of carbonyl (C=O) groups excluding carboxylic acids is 4. The molecule has 44 heavy (non-hydrogen) atoms. The van der Waals surface area contributed by atoms with Crippen LogP contribution in [0.4, 0.5) is 5.13 Å². The molecule has 232 valence electrons. The molecule has 3 aromatic rings. The van der Waals surface area contributed by atoms with Crippen molar-refractivity contribution in [3.8, 4) is 0 Å². The van der Waals surface area contributed by atoms with E-state index in [4.69, 9.17) is 27.3 Å². The van der Waals surface area contributed by atoms with Crippen molar-refractivity contribution < 1.29 is 43.6 Å². The van der Waals surface area contributed by atoms with Gasteiger partial charge in [-0.2, -0.15) is 4.40 Å². The summed E-state index contributed by atoms with van der Waals surface area (Å²) in [7, 11) is 0. The Kier molecular flexibility index (Phi) is 8.82. The number of nitrogens with zero attached hydrogens (tertiary/aromatic N) is 5. The largest absolute Gasteiger partial charge is 0.543 e. The van der Waals surface area contributed by atoms with Gasteiger partial charge in [0.2, 0.25) is 17.3 Å². The smallest absolute Gasteiger partial charge is 0.347 e. The Morgan fingerprint density at radius 3 is 2.80 bits per heavy atom. The van der Waals surface area contributed by atoms with Crippen LogP contribution in [-0.4, -0.2) is 78.5 Å². The lowest BCUT2D eigenvalue weighted by atomic mass is 10.0. The predicted molar refractivity (Wildman–Crippen MR) is 156 cm³/mol. The third-order valence-electron chi connectivity index (χ3n) is 6.73. The highest BCUT2D eigenvalue weighted by atomic mass is 35.5. The number of thiazole rings is 2. The number of carboxylic acid groups (broad SMARTS) is 2. The third-order valence-corrected chi connectivity index (χ3v) is 9.95. The number of nitrogens with two attached hydrogens (primary N) is 1. The summed E-state index contributed by atoms with van der Waals surface area (Å²) in [6.45, 7) is 3.07. The minimum absolute atomic E-state index is 0.00205. The molecule has 0 aliphatic carbocycles. The van der Waals surface area contributed by atoms with Crippen molar-refractivity contribution in [1.82, 2.24) is 24.9 Å². The zero-order valence-corrected chi connectivity index (χ0v) is 26.0. The van der Waals surface area contributed by atoms with Gasteiger partial charge in [-0.05, 0) is 13.8 Å². The van der Waals surface area contributed by atoms with Gasteiger partial charge in [0.1, 0.15) is 46.4 Å². The van der Waals surface area contributed by atoms with E-state index in [-0.39, 0.29) is 33.2 Å². The number of nitrogens with one attached hydrogen (secondary N) is 2. The lowest BCUT2D eigenvalue weighted by molar-refractivity contribution is -0.696. The molecular formula is C24H23ClN8O8S3. The lowest BCUT2D eigenvalue weighted by Gasteiger charge is -2.50. The molecule has 3 aromatic heterocycles. The van der Waals surface area contributed by atoms with E-state index in [2.05, 4.69) is 20.8 Å². The van der Waals surface area contributed by atoms with Gasteiger partial charge < -0.3 is 36.2 Å². The molecule has 2 aliphatic heterocycles. The Hall–Kier alpha value is -4.20. The maximum Gasteiger partial charge on any atom is 0.347 e. The number of oxime groups is 1. The van der Waals surface area contributed by atoms with Crippen LogP contribution in [0.2, 0.25) is 4.34 Å². The molecule has 5 rings (SSSR count). The Balaban J connectivity index is 1.40. The molecule has 1 fully saturated rings. The molecule has 2 aliphatic rings. The fourth-order valence-electron chi connectivity index (χ4n) is 4.71. The van der Waals surface area contributed by atoms with Gasteiger partial charge in [-0.3, -0.25) is 19.3 Å². The van der Waals surface area contributed by atoms with E-state index in [0.29, 0.717) is 17.8 Å². The molecule has 0 radical (unpaired) electrons. The summed E-state index contributed by atoms with van der Waals surface area (Å²) in [6.07, 6.45) is 2.81. The number of nitrogen functional groups attached to an aromatic ring is 1. The number of carbonyl (C=O) groups is 5. The molecule has 3 amide bonds. The number of fused-ring (bicyclic) bond motifs is 2. The van der Waals surface area contributed by atoms with E-state index in [9.17, 15) is 29.1 Å². The highest BCUT2D eigenvalue weighted by Gasteiger charge is 2.53. The molecule has 0 aromatic carbocycles. The number of hydrogen-bond acceptors (Lipinski definition) is 13. The number of rotatable bonds is 12. The summed E-state index contributed by atoms with van der Waals surface area (Å²) < 4.78 is 3.66. The number of halogens is 1. The number of aromatic nitrogens is 3. The van der Waals surface area contributed by atoms with Crippen LogP contribution in [0.3, 0.4) is 0 Å². The molecule has 16 nitrogen and oxygen atoms in total. The van der Waals surface area contributed by atoms with Crippen LogP contribution in [-0.2, 0) is 35.4 Å². The first-order valence-electron chi connectivity index (χ1n) is 12.7. The van der Waals surface area contributed by atoms with E-state index in [1.165, 1.54) is 30.0 Å². The first-order valence-corrected chi connectivity index (χ1v) is 15.8. The molecule has 20 heteroatoms. The first-order chi connectivity index (χ1) is 20.9. The second-order valence-corrected chi connectivity index (χ2v) is 13.2. The predicted octanol–water partition coefficient (Wildman–Crippen LogP) is -0.915. The van der Waals surface area contributed by atoms with E-state index in [1.807, 2.05) is 22.2 Å². The molecule has 5 N–H and O–H groups in total. The van der Waals surface area contributed by atoms with Gasteiger partial charge in [-0.1, -0.05) is 39.4 Å². The van der Waals surface area contributed by atoms with Gasteiger partial charge in [0.05, 0.1) is 11.7 Å². The van der Waals surface area contributed by atoms with E-state index >= 15 is 0 Å². The molecule has 0 unspecified atom stereocenters. The minimum atomic E-state index is -1.56. The van der Waals surface area contributed by atoms with Crippen molar-refractivity contribution >= 4 is 91.9 Å². The molecule has 0 bridgehead atoms. The molecule has 0 spiro atoms. The van der Waals surface area contributed by atoms with Crippen molar-refractivity contribution in [3.05, 3.63) is 44.9 Å². The van der Waals surface area contributed by atoms with Crippen LogP contribution >= 0.6 is 46.0 Å². The number of thioether (sulfide) groups is 1. The average molecular weight is 683 g/mol. The van der Waals surface area contributed by atoms with Crippen molar-refractivity contribution in [1.29, 1.82) is 0 Å². The van der Waals surface area contributed by atoms with E-state index in [1.54, 1.807) is 11.5 Å². The van der Waals surface area contributed by atoms with Crippen LogP contribution in [0.25, 0.3) is 4.83 Å². The summed E-state index contributed by atoms with van der Waals surface area (Å²) in [4.78, 5) is 72.1. The fourth-order valence-corrected chi connectivity index (χ4v) is 7.75. The molecule has 4 atom stereocenters. The number of anilines is 1. The van der Waals surface area contributed by atoms with Crippen molar-refractivity contribution in [2.45, 2.75) is 44.0 Å². The van der Waals surface area contributed by atoms with Gasteiger partial charge in [0.25, 0.3) is 17.6 Å². The fraction of sp³-hybridized carbons (Fsp3) is 0.333. The first kappa shape index (κ1) is 31.2. The summed E-state index contributed by atoms with van der Waals surface area (Å²) in [5.41, 5.74) is 5.08. The van der Waals surface area contributed by atoms with Gasteiger partial charge in [0, 0.05) is 16.7 Å². The van der Waals surface area contributed by atoms with E-state index < -0.39 is 53.0 Å². The standard InChI is InChI=1S/C24H23ClN8O8S3/c1-9(27-8-34)19-31(6-12-32(19)3-4-42-12)5-11-7-43-21-15(20(36)33(21)16(11)23(39)40)28-18(35)14(30-41-10(2)22(37)38)13-17(25)44-24(26)29-13/h3-4,6,8-10,15,21H,5,7H2,1-2H3,(H5-,26,27,28,29,34,35,37,38,39,40)/b30-14-/t9-,10+,15-,21-/m1/s1. The maximum absolute atomic E-state index is 13.3. The SMILES string of the molecule is C[C@H](O/N=C(\C(=O)N[C@@H]1C(=O)N2C(C(=O)[O-])=C(C[n+]3cc4sccn4c3[C@@H](C)NC=O)CS[C@H]12)c1nc(N)sc1Cl)C(=O)O. The number of imidazole rings is 1. The second-order valence-electron chi connectivity index (χ2n) is 9.53. The maximum atomic E-state index is 13.3. The van der Waals surface area contributed by atoms with Crippen LogP contribution < -0.4 is 26.0 Å². The summed E-state index contributed by atoms with van der Waals surface area (Å²) >= 11 is 9.68. The minimum Gasteiger partial charge on any atom is -0.543 e. The molecule has 0 saturated carbocycles. The van der Waals surface area contributed by atoms with Crippen molar-refractivity contribution in [2.75, 3.05) is 11.5 Å². The van der Waals surface area contributed by atoms with Gasteiger partial charge >= 0.3 is 5.97 Å². The van der Waals surface area contributed by atoms with Crippen LogP contribution in [0.5, 0.6) is 0 Å². The van der Waals surface area contributed by atoms with Crippen LogP contribution in [0.1, 0.15) is 31.4 Å². The highest BCUT2D eigenvalue weighted by molar-refractivity contribution is 8.00. The number of amides is 3. The van der Waals surface area contributed by atoms with Crippen LogP contribution in [0.15, 0.2) is 34.2 Å². The Labute approximate surface area is 265 Å². The lowest BCUT2D eigenvalue weighted by Crippen LogP contribution is -2.71. The Morgan fingerprint density at radius 1 is 1.41 bits per heavy atom. The number of β-lactam (4-membered cyclic amide) rings is 1. The molecular weight excluding hydrogens is 660 g/mol. The third kappa shape index (κ3) is 5.70. The summed E-state index contributed by atoms with van der Waals surface area (Å²) in [5.74, 6) is -3.71. The Bertz CT molecular complexity index is 1750. The molecule has 1 saturated heterocycles. The Morgan fingerprint density at radius 2 is 2.16 bits per heavy atom. The topological polar surface area (TPSA) is 225 Å².